The SMILES string of the molecule is COC(=O)c1cccc(-c2cc(-c3ccc(OC)cc3)no2)c1N1CCOCC1. The van der Waals surface area contributed by atoms with Crippen molar-refractivity contribution in [2.75, 3.05) is 45.4 Å². The summed E-state index contributed by atoms with van der Waals surface area (Å²) in [5, 5.41) is 4.22. The molecule has 0 unspecified atom stereocenters. The van der Waals surface area contributed by atoms with Crippen LogP contribution in [0.15, 0.2) is 53.1 Å². The number of morpholine rings is 1. The van der Waals surface area contributed by atoms with Crippen LogP contribution in [-0.2, 0) is 9.47 Å². The number of benzene rings is 2. The van der Waals surface area contributed by atoms with Gasteiger partial charge in [-0.3, -0.25) is 0 Å². The Morgan fingerprint density at radius 3 is 2.52 bits per heavy atom. The molecule has 0 radical (unpaired) electrons. The molecule has 7 heteroatoms. The van der Waals surface area contributed by atoms with E-state index in [2.05, 4.69) is 10.1 Å². The second kappa shape index (κ2) is 8.36. The number of aromatic nitrogens is 1. The van der Waals surface area contributed by atoms with E-state index in [1.54, 1.807) is 13.2 Å². The minimum atomic E-state index is -0.386. The van der Waals surface area contributed by atoms with Crippen molar-refractivity contribution in [2.45, 2.75) is 0 Å². The lowest BCUT2D eigenvalue weighted by atomic mass is 10.0. The van der Waals surface area contributed by atoms with Gasteiger partial charge in [-0.25, -0.2) is 4.79 Å². The average Bonchev–Trinajstić information content (AvgIpc) is 3.29. The van der Waals surface area contributed by atoms with E-state index < -0.39 is 0 Å². The minimum absolute atomic E-state index is 0.386. The Hall–Kier alpha value is -3.32. The topological polar surface area (TPSA) is 74.0 Å². The molecule has 1 fully saturated rings. The molecule has 29 heavy (non-hydrogen) atoms. The van der Waals surface area contributed by atoms with Crippen LogP contribution in [0.1, 0.15) is 10.4 Å². The summed E-state index contributed by atoms with van der Waals surface area (Å²) in [6, 6.07) is 15.0. The zero-order chi connectivity index (χ0) is 20.2. The van der Waals surface area contributed by atoms with Gasteiger partial charge in [-0.2, -0.15) is 0 Å². The molecule has 0 N–H and O–H groups in total. The third kappa shape index (κ3) is 3.82. The van der Waals surface area contributed by atoms with Gasteiger partial charge in [-0.1, -0.05) is 11.2 Å². The predicted octanol–water partition coefficient (Wildman–Crippen LogP) is 3.64. The van der Waals surface area contributed by atoms with E-state index in [0.717, 1.165) is 22.6 Å². The summed E-state index contributed by atoms with van der Waals surface area (Å²) in [5.74, 6) is 0.976. The van der Waals surface area contributed by atoms with Gasteiger partial charge in [0.05, 0.1) is 38.7 Å². The Balaban J connectivity index is 1.76. The number of ether oxygens (including phenoxy) is 3. The van der Waals surface area contributed by atoms with Crippen LogP contribution in [0, 0.1) is 0 Å². The number of methoxy groups -OCH3 is 2. The van der Waals surface area contributed by atoms with Crippen molar-refractivity contribution in [3.8, 4) is 28.3 Å². The fourth-order valence-corrected chi connectivity index (χ4v) is 3.44. The number of nitrogens with zero attached hydrogens (tertiary/aromatic N) is 2. The number of esters is 1. The third-order valence-electron chi connectivity index (χ3n) is 4.93. The van der Waals surface area contributed by atoms with Crippen molar-refractivity contribution in [1.29, 1.82) is 0 Å². The fraction of sp³-hybridized carbons (Fsp3) is 0.273. The van der Waals surface area contributed by atoms with Crippen molar-refractivity contribution >= 4 is 11.7 Å². The Bertz CT molecular complexity index is 991. The number of carbonyl (C=O) groups is 1. The molecule has 150 valence electrons. The first kappa shape index (κ1) is 19.0. The Morgan fingerprint density at radius 1 is 1.07 bits per heavy atom. The maximum Gasteiger partial charge on any atom is 0.339 e. The number of hydrogen-bond acceptors (Lipinski definition) is 7. The predicted molar refractivity (Wildman–Crippen MR) is 108 cm³/mol. The van der Waals surface area contributed by atoms with E-state index in [9.17, 15) is 4.79 Å². The lowest BCUT2D eigenvalue weighted by Crippen LogP contribution is -2.37. The van der Waals surface area contributed by atoms with Gasteiger partial charge in [-0.15, -0.1) is 0 Å². The number of anilines is 1. The van der Waals surface area contributed by atoms with Gasteiger partial charge in [0.2, 0.25) is 0 Å². The van der Waals surface area contributed by atoms with Crippen molar-refractivity contribution in [3.63, 3.8) is 0 Å². The molecule has 4 rings (SSSR count). The van der Waals surface area contributed by atoms with E-state index in [1.807, 2.05) is 42.5 Å². The van der Waals surface area contributed by atoms with Crippen molar-refractivity contribution < 1.29 is 23.5 Å². The van der Waals surface area contributed by atoms with Gasteiger partial charge in [0.15, 0.2) is 5.76 Å². The average molecular weight is 394 g/mol. The van der Waals surface area contributed by atoms with E-state index in [1.165, 1.54) is 7.11 Å². The molecule has 3 aromatic rings. The van der Waals surface area contributed by atoms with Crippen molar-refractivity contribution in [2.24, 2.45) is 0 Å². The number of carbonyl (C=O) groups excluding carboxylic acids is 1. The molecule has 1 aliphatic heterocycles. The summed E-state index contributed by atoms with van der Waals surface area (Å²) in [4.78, 5) is 14.5. The molecular weight excluding hydrogens is 372 g/mol. The normalized spacial score (nSPS) is 13.9. The van der Waals surface area contributed by atoms with Crippen LogP contribution in [0.5, 0.6) is 5.75 Å². The van der Waals surface area contributed by atoms with Gasteiger partial charge in [-0.05, 0) is 36.4 Å². The van der Waals surface area contributed by atoms with Gasteiger partial charge in [0.25, 0.3) is 0 Å². The summed E-state index contributed by atoms with van der Waals surface area (Å²) < 4.78 is 21.3. The van der Waals surface area contributed by atoms with Crippen molar-refractivity contribution in [3.05, 3.63) is 54.1 Å². The first-order valence-electron chi connectivity index (χ1n) is 9.37. The van der Waals surface area contributed by atoms with Crippen LogP contribution in [0.3, 0.4) is 0 Å². The molecule has 1 saturated heterocycles. The molecule has 0 atom stereocenters. The molecule has 0 amide bonds. The molecule has 1 aliphatic rings. The maximum atomic E-state index is 12.4. The summed E-state index contributed by atoms with van der Waals surface area (Å²) in [6.45, 7) is 2.56. The van der Waals surface area contributed by atoms with E-state index >= 15 is 0 Å². The molecule has 0 bridgehead atoms. The first-order valence-corrected chi connectivity index (χ1v) is 9.37. The second-order valence-corrected chi connectivity index (χ2v) is 6.60. The molecule has 2 aromatic carbocycles. The summed E-state index contributed by atoms with van der Waals surface area (Å²) in [5.41, 5.74) is 3.69. The van der Waals surface area contributed by atoms with Crippen LogP contribution in [0.4, 0.5) is 5.69 Å². The van der Waals surface area contributed by atoms with Crippen LogP contribution >= 0.6 is 0 Å². The smallest absolute Gasteiger partial charge is 0.339 e. The first-order chi connectivity index (χ1) is 14.2. The standard InChI is InChI=1S/C22H22N2O5/c1-26-16-8-6-15(7-9-16)19-14-20(29-23-19)17-4-3-5-18(22(25)27-2)21(17)24-10-12-28-13-11-24/h3-9,14H,10-13H2,1-2H3. The van der Waals surface area contributed by atoms with Gasteiger partial charge in [0, 0.05) is 30.3 Å². The van der Waals surface area contributed by atoms with Gasteiger partial charge < -0.3 is 23.6 Å². The van der Waals surface area contributed by atoms with Crippen molar-refractivity contribution in [1.82, 2.24) is 5.16 Å². The quantitative estimate of drug-likeness (QED) is 0.612. The number of hydrogen-bond donors (Lipinski definition) is 0. The molecule has 0 saturated carbocycles. The Morgan fingerprint density at radius 2 is 1.83 bits per heavy atom. The highest BCUT2D eigenvalue weighted by molar-refractivity contribution is 6.00. The highest BCUT2D eigenvalue weighted by atomic mass is 16.5. The molecule has 2 heterocycles. The largest absolute Gasteiger partial charge is 0.497 e. The maximum absolute atomic E-state index is 12.4. The van der Waals surface area contributed by atoms with E-state index in [-0.39, 0.29) is 5.97 Å². The minimum Gasteiger partial charge on any atom is -0.497 e. The number of para-hydroxylation sites is 1. The highest BCUT2D eigenvalue weighted by Gasteiger charge is 2.25. The van der Waals surface area contributed by atoms with E-state index in [0.29, 0.717) is 43.3 Å². The van der Waals surface area contributed by atoms with Crippen LogP contribution < -0.4 is 9.64 Å². The van der Waals surface area contributed by atoms with Crippen LogP contribution in [0.2, 0.25) is 0 Å². The molecular formula is C22H22N2O5. The second-order valence-electron chi connectivity index (χ2n) is 6.60. The molecule has 0 aliphatic carbocycles. The van der Waals surface area contributed by atoms with E-state index in [4.69, 9.17) is 18.7 Å². The Kier molecular flexibility index (Phi) is 5.48. The zero-order valence-electron chi connectivity index (χ0n) is 16.4. The zero-order valence-corrected chi connectivity index (χ0v) is 16.4. The summed E-state index contributed by atoms with van der Waals surface area (Å²) in [6.07, 6.45) is 0. The summed E-state index contributed by atoms with van der Waals surface area (Å²) in [7, 11) is 3.01. The Labute approximate surface area is 168 Å². The lowest BCUT2D eigenvalue weighted by Gasteiger charge is -2.31. The van der Waals surface area contributed by atoms with Gasteiger partial charge >= 0.3 is 5.97 Å². The molecule has 0 spiro atoms. The van der Waals surface area contributed by atoms with Gasteiger partial charge in [0.1, 0.15) is 11.4 Å². The summed E-state index contributed by atoms with van der Waals surface area (Å²) >= 11 is 0. The number of rotatable bonds is 5. The third-order valence-corrected chi connectivity index (χ3v) is 4.93. The molecule has 1 aromatic heterocycles. The molecule has 7 nitrogen and oxygen atoms in total. The van der Waals surface area contributed by atoms with Crippen LogP contribution in [0.25, 0.3) is 22.6 Å². The monoisotopic (exact) mass is 394 g/mol. The highest BCUT2D eigenvalue weighted by Crippen LogP contribution is 2.37. The van der Waals surface area contributed by atoms with Crippen LogP contribution in [-0.4, -0.2) is 51.6 Å². The fourth-order valence-electron chi connectivity index (χ4n) is 3.44. The lowest BCUT2D eigenvalue weighted by molar-refractivity contribution is 0.0600.